The smallest absolute Gasteiger partial charge is 0.274 e. The first kappa shape index (κ1) is 19.3. The lowest BCUT2D eigenvalue weighted by Gasteiger charge is -2.08. The van der Waals surface area contributed by atoms with Crippen LogP contribution in [0, 0.1) is 29.5 Å². The fourth-order valence-corrected chi connectivity index (χ4v) is 2.51. The molecule has 0 unspecified atom stereocenters. The Balaban J connectivity index is 2.10. The van der Waals surface area contributed by atoms with Crippen LogP contribution in [0.15, 0.2) is 35.4 Å². The number of nitrogens with zero attached hydrogens (tertiary/aromatic N) is 2. The second kappa shape index (κ2) is 8.87. The van der Waals surface area contributed by atoms with Gasteiger partial charge in [0.05, 0.1) is 33.5 Å². The maximum Gasteiger partial charge on any atom is 0.274 e. The van der Waals surface area contributed by atoms with Crippen LogP contribution in [-0.4, -0.2) is 18.7 Å². The molecule has 1 N–H and O–H groups in total. The van der Waals surface area contributed by atoms with Crippen molar-refractivity contribution in [3.05, 3.63) is 62.9 Å². The fourth-order valence-electron chi connectivity index (χ4n) is 1.90. The second-order valence-corrected chi connectivity index (χ2v) is 5.63. The number of carbonyl (C=O) groups excluding carboxylic acids is 1. The van der Waals surface area contributed by atoms with Gasteiger partial charge in [-0.05, 0) is 35.9 Å². The van der Waals surface area contributed by atoms with Gasteiger partial charge < -0.3 is 4.74 Å². The molecule has 2 aromatic rings. The van der Waals surface area contributed by atoms with Gasteiger partial charge in [-0.2, -0.15) is 10.4 Å². The van der Waals surface area contributed by atoms with E-state index in [0.717, 1.165) is 6.07 Å². The number of halogens is 3. The van der Waals surface area contributed by atoms with Crippen LogP contribution in [0.5, 0.6) is 5.75 Å². The van der Waals surface area contributed by atoms with Gasteiger partial charge in [0, 0.05) is 0 Å². The SMILES string of the molecule is C#CCOc1c(Cl)cc(/C=N\NC(=O)c2ccc(C#N)cc2F)cc1Cl. The van der Waals surface area contributed by atoms with E-state index in [9.17, 15) is 9.18 Å². The molecule has 0 spiro atoms. The van der Waals surface area contributed by atoms with Crippen molar-refractivity contribution >= 4 is 35.3 Å². The molecule has 0 fully saturated rings. The predicted octanol–water partition coefficient (Wildman–Crippen LogP) is 3.78. The van der Waals surface area contributed by atoms with Gasteiger partial charge in [-0.1, -0.05) is 29.1 Å². The Morgan fingerprint density at radius 2 is 2.04 bits per heavy atom. The highest BCUT2D eigenvalue weighted by Crippen LogP contribution is 2.33. The van der Waals surface area contributed by atoms with Crippen molar-refractivity contribution in [3.63, 3.8) is 0 Å². The number of amides is 1. The highest BCUT2D eigenvalue weighted by atomic mass is 35.5. The van der Waals surface area contributed by atoms with Gasteiger partial charge in [-0.3, -0.25) is 4.79 Å². The molecule has 8 heteroatoms. The first-order valence-electron chi connectivity index (χ1n) is 7.04. The number of hydrazone groups is 1. The zero-order chi connectivity index (χ0) is 19.1. The quantitative estimate of drug-likeness (QED) is 0.480. The van der Waals surface area contributed by atoms with Crippen LogP contribution in [-0.2, 0) is 0 Å². The van der Waals surface area contributed by atoms with E-state index in [2.05, 4.69) is 16.4 Å². The van der Waals surface area contributed by atoms with Crippen LogP contribution in [0.25, 0.3) is 0 Å². The highest BCUT2D eigenvalue weighted by molar-refractivity contribution is 6.37. The van der Waals surface area contributed by atoms with Crippen molar-refractivity contribution in [2.24, 2.45) is 5.10 Å². The molecule has 2 aromatic carbocycles. The molecule has 1 amide bonds. The number of nitriles is 1. The van der Waals surface area contributed by atoms with E-state index in [1.54, 1.807) is 6.07 Å². The normalized spacial score (nSPS) is 10.2. The molecule has 0 heterocycles. The van der Waals surface area contributed by atoms with Crippen molar-refractivity contribution in [1.29, 1.82) is 5.26 Å². The molecule has 0 aliphatic carbocycles. The van der Waals surface area contributed by atoms with Crippen molar-refractivity contribution < 1.29 is 13.9 Å². The number of hydrogen-bond acceptors (Lipinski definition) is 4. The molecule has 5 nitrogen and oxygen atoms in total. The number of benzene rings is 2. The average molecular weight is 390 g/mol. The molecule has 2 rings (SSSR count). The maximum absolute atomic E-state index is 13.8. The molecule has 0 saturated heterocycles. The van der Waals surface area contributed by atoms with Gasteiger partial charge in [0.15, 0.2) is 5.75 Å². The minimum absolute atomic E-state index is 0.0130. The van der Waals surface area contributed by atoms with E-state index in [4.69, 9.17) is 39.6 Å². The highest BCUT2D eigenvalue weighted by Gasteiger charge is 2.12. The lowest BCUT2D eigenvalue weighted by molar-refractivity contribution is 0.0951. The van der Waals surface area contributed by atoms with Crippen LogP contribution in [0.4, 0.5) is 4.39 Å². The minimum atomic E-state index is -0.821. The Morgan fingerprint density at radius 1 is 1.35 bits per heavy atom. The van der Waals surface area contributed by atoms with Gasteiger partial charge in [0.1, 0.15) is 12.4 Å². The summed E-state index contributed by atoms with van der Waals surface area (Å²) in [7, 11) is 0. The van der Waals surface area contributed by atoms with Crippen LogP contribution < -0.4 is 10.2 Å². The molecule has 0 radical (unpaired) electrons. The van der Waals surface area contributed by atoms with Crippen molar-refractivity contribution in [1.82, 2.24) is 5.43 Å². The summed E-state index contributed by atoms with van der Waals surface area (Å²) in [6, 6.07) is 8.29. The summed E-state index contributed by atoms with van der Waals surface area (Å²) in [6.07, 6.45) is 6.39. The third-order valence-corrected chi connectivity index (χ3v) is 3.60. The first-order chi connectivity index (χ1) is 12.5. The second-order valence-electron chi connectivity index (χ2n) is 4.81. The molecule has 0 saturated carbocycles. The number of terminal acetylenes is 1. The molecule has 0 atom stereocenters. The molecule has 26 heavy (non-hydrogen) atoms. The van der Waals surface area contributed by atoms with Gasteiger partial charge >= 0.3 is 0 Å². The van der Waals surface area contributed by atoms with Crippen LogP contribution in [0.2, 0.25) is 10.0 Å². The van der Waals surface area contributed by atoms with Crippen LogP contribution in [0.1, 0.15) is 21.5 Å². The zero-order valence-electron chi connectivity index (χ0n) is 13.1. The lowest BCUT2D eigenvalue weighted by atomic mass is 10.1. The fraction of sp³-hybridized carbons (Fsp3) is 0.0556. The Morgan fingerprint density at radius 3 is 2.62 bits per heavy atom. The Bertz CT molecular complexity index is 939. The van der Waals surface area contributed by atoms with Crippen molar-refractivity contribution in [3.8, 4) is 24.2 Å². The standard InChI is InChI=1S/C18H10Cl2FN3O2/c1-2-5-26-17-14(19)6-12(7-15(17)20)10-23-24-18(25)13-4-3-11(9-22)8-16(13)21/h1,3-4,6-8,10H,5H2,(H,24,25)/b23-10-. The largest absolute Gasteiger partial charge is 0.478 e. The van der Waals surface area contributed by atoms with E-state index in [0.29, 0.717) is 5.56 Å². The van der Waals surface area contributed by atoms with Crippen molar-refractivity contribution in [2.75, 3.05) is 6.61 Å². The monoisotopic (exact) mass is 389 g/mol. The Labute approximate surface area is 159 Å². The molecule has 0 aliphatic heterocycles. The summed E-state index contributed by atoms with van der Waals surface area (Å²) in [6.45, 7) is 0.0130. The van der Waals surface area contributed by atoms with E-state index in [1.165, 1.54) is 30.5 Å². The number of ether oxygens (including phenoxy) is 1. The summed E-state index contributed by atoms with van der Waals surface area (Å²) in [5, 5.41) is 12.9. The van der Waals surface area contributed by atoms with E-state index in [-0.39, 0.29) is 33.5 Å². The molecule has 0 aliphatic rings. The Hall–Kier alpha value is -3.06. The van der Waals surface area contributed by atoms with E-state index in [1.807, 2.05) is 0 Å². The predicted molar refractivity (Wildman–Crippen MR) is 97.0 cm³/mol. The first-order valence-corrected chi connectivity index (χ1v) is 7.80. The molecule has 0 aromatic heterocycles. The summed E-state index contributed by atoms with van der Waals surface area (Å²) in [4.78, 5) is 11.9. The van der Waals surface area contributed by atoms with E-state index < -0.39 is 11.7 Å². The molecule has 130 valence electrons. The zero-order valence-corrected chi connectivity index (χ0v) is 14.6. The van der Waals surface area contributed by atoms with Gasteiger partial charge in [0.2, 0.25) is 0 Å². The topological polar surface area (TPSA) is 74.5 Å². The number of hydrogen-bond donors (Lipinski definition) is 1. The van der Waals surface area contributed by atoms with Gasteiger partial charge in [-0.25, -0.2) is 9.82 Å². The summed E-state index contributed by atoms with van der Waals surface area (Å²) in [5.74, 6) is 0.950. The minimum Gasteiger partial charge on any atom is -0.478 e. The van der Waals surface area contributed by atoms with Crippen LogP contribution >= 0.6 is 23.2 Å². The molecular weight excluding hydrogens is 380 g/mol. The van der Waals surface area contributed by atoms with Crippen LogP contribution in [0.3, 0.4) is 0 Å². The third kappa shape index (κ3) is 4.73. The van der Waals surface area contributed by atoms with Gasteiger partial charge in [-0.15, -0.1) is 6.42 Å². The lowest BCUT2D eigenvalue weighted by Crippen LogP contribution is -2.19. The van der Waals surface area contributed by atoms with Crippen molar-refractivity contribution in [2.45, 2.75) is 0 Å². The molecule has 0 bridgehead atoms. The average Bonchev–Trinajstić information content (AvgIpc) is 2.60. The van der Waals surface area contributed by atoms with Gasteiger partial charge in [0.25, 0.3) is 5.91 Å². The number of nitrogens with one attached hydrogen (secondary N) is 1. The maximum atomic E-state index is 13.8. The third-order valence-electron chi connectivity index (χ3n) is 3.04. The summed E-state index contributed by atoms with van der Waals surface area (Å²) < 4.78 is 19.0. The summed E-state index contributed by atoms with van der Waals surface area (Å²) in [5.41, 5.74) is 2.53. The number of carbonyl (C=O) groups is 1. The Kier molecular flexibility index (Phi) is 6.57. The van der Waals surface area contributed by atoms with E-state index >= 15 is 0 Å². The molecular formula is C18H10Cl2FN3O2. The number of rotatable bonds is 5. The summed E-state index contributed by atoms with van der Waals surface area (Å²) >= 11 is 12.1.